The Labute approximate surface area is 223 Å². The molecular formula is C31H32ClN3O2. The molecule has 0 spiro atoms. The quantitative estimate of drug-likeness (QED) is 0.425. The van der Waals surface area contributed by atoms with Crippen molar-refractivity contribution in [3.05, 3.63) is 101 Å². The Morgan fingerprint density at radius 2 is 1.54 bits per heavy atom. The molecule has 1 aliphatic carbocycles. The summed E-state index contributed by atoms with van der Waals surface area (Å²) in [5, 5.41) is 7.69. The Hall–Kier alpha value is -3.31. The van der Waals surface area contributed by atoms with Crippen LogP contribution in [0.15, 0.2) is 78.9 Å². The lowest BCUT2D eigenvalue weighted by Crippen LogP contribution is -2.50. The molecule has 6 heteroatoms. The van der Waals surface area contributed by atoms with Gasteiger partial charge in [0, 0.05) is 34.8 Å². The van der Waals surface area contributed by atoms with Crippen LogP contribution in [0.2, 0.25) is 5.02 Å². The summed E-state index contributed by atoms with van der Waals surface area (Å²) in [6, 6.07) is 25.5. The number of likely N-dealkylation sites (tertiary alicyclic amines) is 1. The zero-order chi connectivity index (χ0) is 25.4. The summed E-state index contributed by atoms with van der Waals surface area (Å²) in [4.78, 5) is 29.3. The number of anilines is 1. The largest absolute Gasteiger partial charge is 0.378 e. The van der Waals surface area contributed by atoms with Crippen molar-refractivity contribution in [1.82, 2.24) is 10.2 Å². The second kappa shape index (κ2) is 10.2. The van der Waals surface area contributed by atoms with Gasteiger partial charge in [-0.15, -0.1) is 0 Å². The van der Waals surface area contributed by atoms with Crippen molar-refractivity contribution in [1.29, 1.82) is 0 Å². The van der Waals surface area contributed by atoms with Crippen LogP contribution >= 0.6 is 11.6 Å². The van der Waals surface area contributed by atoms with Crippen LogP contribution in [-0.4, -0.2) is 29.3 Å². The number of carbonyl (C=O) groups excluding carboxylic acids is 2. The molecule has 3 aromatic rings. The maximum Gasteiger partial charge on any atom is 0.251 e. The molecule has 3 aliphatic rings. The molecule has 1 saturated carbocycles. The van der Waals surface area contributed by atoms with Crippen molar-refractivity contribution in [2.24, 2.45) is 11.8 Å². The summed E-state index contributed by atoms with van der Waals surface area (Å²) in [7, 11) is 0. The van der Waals surface area contributed by atoms with Gasteiger partial charge >= 0.3 is 0 Å². The molecule has 2 heterocycles. The van der Waals surface area contributed by atoms with Crippen LogP contribution in [0.4, 0.5) is 5.69 Å². The normalized spacial score (nSPS) is 26.5. The highest BCUT2D eigenvalue weighted by Crippen LogP contribution is 2.52. The lowest BCUT2D eigenvalue weighted by Gasteiger charge is -2.42. The lowest BCUT2D eigenvalue weighted by molar-refractivity contribution is -0.138. The van der Waals surface area contributed by atoms with Gasteiger partial charge in [0.25, 0.3) is 5.91 Å². The minimum absolute atomic E-state index is 0.0152. The minimum Gasteiger partial charge on any atom is -0.378 e. The predicted molar refractivity (Wildman–Crippen MR) is 146 cm³/mol. The van der Waals surface area contributed by atoms with E-state index in [2.05, 4.69) is 39.8 Å². The maximum atomic E-state index is 14.2. The van der Waals surface area contributed by atoms with Crippen LogP contribution in [-0.2, 0) is 4.79 Å². The van der Waals surface area contributed by atoms with Crippen molar-refractivity contribution in [2.75, 3.05) is 11.9 Å². The fourth-order valence-corrected chi connectivity index (χ4v) is 6.91. The Morgan fingerprint density at radius 3 is 2.35 bits per heavy atom. The van der Waals surface area contributed by atoms with Crippen LogP contribution in [0.1, 0.15) is 65.7 Å². The van der Waals surface area contributed by atoms with Gasteiger partial charge in [0.05, 0.1) is 18.0 Å². The Bertz CT molecular complexity index is 1300. The third kappa shape index (κ3) is 4.50. The van der Waals surface area contributed by atoms with Crippen molar-refractivity contribution < 1.29 is 9.59 Å². The zero-order valence-electron chi connectivity index (χ0n) is 20.8. The predicted octanol–water partition coefficient (Wildman–Crippen LogP) is 6.39. The molecule has 2 amide bonds. The monoisotopic (exact) mass is 513 g/mol. The number of hydrogen-bond donors (Lipinski definition) is 2. The number of fused-ring (bicyclic) bond motifs is 3. The SMILES string of the molecule is O=C(NC1CCCC[C@@H]1C(=O)N1CC[C@@H]2[C@H](c3ccccc3Cl)Nc3ccccc3[C@@H]21)c1ccccc1. The molecule has 37 heavy (non-hydrogen) atoms. The second-order valence-corrected chi connectivity index (χ2v) is 10.9. The molecule has 190 valence electrons. The van der Waals surface area contributed by atoms with E-state index in [1.165, 1.54) is 5.56 Å². The summed E-state index contributed by atoms with van der Waals surface area (Å²) in [5.74, 6) is 0.0800. The molecule has 5 atom stereocenters. The van der Waals surface area contributed by atoms with E-state index >= 15 is 0 Å². The molecule has 6 rings (SSSR count). The third-order valence-corrected chi connectivity index (χ3v) is 8.77. The summed E-state index contributed by atoms with van der Waals surface area (Å²) < 4.78 is 0. The van der Waals surface area contributed by atoms with Gasteiger partial charge in [-0.3, -0.25) is 9.59 Å². The van der Waals surface area contributed by atoms with Crippen molar-refractivity contribution in [3.8, 4) is 0 Å². The number of rotatable bonds is 4. The van der Waals surface area contributed by atoms with Gasteiger partial charge in [-0.25, -0.2) is 0 Å². The first-order valence-electron chi connectivity index (χ1n) is 13.4. The fraction of sp³-hybridized carbons (Fsp3) is 0.355. The number of nitrogens with zero attached hydrogens (tertiary/aromatic N) is 1. The van der Waals surface area contributed by atoms with Crippen LogP contribution in [0, 0.1) is 11.8 Å². The molecule has 5 nitrogen and oxygen atoms in total. The molecule has 2 aliphatic heterocycles. The highest BCUT2D eigenvalue weighted by molar-refractivity contribution is 6.31. The summed E-state index contributed by atoms with van der Waals surface area (Å²) >= 11 is 6.65. The van der Waals surface area contributed by atoms with Gasteiger partial charge in [0.15, 0.2) is 0 Å². The Kier molecular flexibility index (Phi) is 6.64. The molecule has 2 fully saturated rings. The molecule has 1 unspecified atom stereocenters. The van der Waals surface area contributed by atoms with E-state index in [9.17, 15) is 9.59 Å². The smallest absolute Gasteiger partial charge is 0.251 e. The van der Waals surface area contributed by atoms with Gasteiger partial charge in [0.1, 0.15) is 0 Å². The topological polar surface area (TPSA) is 61.4 Å². The average Bonchev–Trinajstić information content (AvgIpc) is 3.39. The minimum atomic E-state index is -0.207. The van der Waals surface area contributed by atoms with E-state index in [-0.39, 0.29) is 41.8 Å². The first-order chi connectivity index (χ1) is 18.1. The number of para-hydroxylation sites is 1. The van der Waals surface area contributed by atoms with E-state index in [4.69, 9.17) is 11.6 Å². The maximum absolute atomic E-state index is 14.2. The number of halogens is 1. The van der Waals surface area contributed by atoms with Crippen molar-refractivity contribution in [2.45, 2.75) is 50.2 Å². The summed E-state index contributed by atoms with van der Waals surface area (Å²) in [5.41, 5.74) is 3.94. The molecule has 1 saturated heterocycles. The number of benzene rings is 3. The Morgan fingerprint density at radius 1 is 0.838 bits per heavy atom. The van der Waals surface area contributed by atoms with Gasteiger partial charge in [-0.1, -0.05) is 79.0 Å². The fourth-order valence-electron chi connectivity index (χ4n) is 6.66. The van der Waals surface area contributed by atoms with E-state index < -0.39 is 0 Å². The molecule has 0 bridgehead atoms. The van der Waals surface area contributed by atoms with Crippen LogP contribution in [0.3, 0.4) is 0 Å². The molecule has 0 aromatic heterocycles. The van der Waals surface area contributed by atoms with Crippen LogP contribution < -0.4 is 10.6 Å². The molecule has 2 N–H and O–H groups in total. The van der Waals surface area contributed by atoms with Gasteiger partial charge < -0.3 is 15.5 Å². The number of hydrogen-bond acceptors (Lipinski definition) is 3. The highest BCUT2D eigenvalue weighted by atomic mass is 35.5. The first-order valence-corrected chi connectivity index (χ1v) is 13.8. The van der Waals surface area contributed by atoms with Gasteiger partial charge in [-0.05, 0) is 54.7 Å². The van der Waals surface area contributed by atoms with E-state index in [0.29, 0.717) is 12.1 Å². The summed E-state index contributed by atoms with van der Waals surface area (Å²) in [6.45, 7) is 0.709. The van der Waals surface area contributed by atoms with E-state index in [1.807, 2.05) is 54.6 Å². The molecular weight excluding hydrogens is 482 g/mol. The second-order valence-electron chi connectivity index (χ2n) is 10.5. The third-order valence-electron chi connectivity index (χ3n) is 8.42. The molecule has 3 aromatic carbocycles. The number of carbonyl (C=O) groups is 2. The van der Waals surface area contributed by atoms with E-state index in [1.54, 1.807) is 0 Å². The standard InChI is InChI=1S/C31H32ClN3O2/c32-25-15-7-4-12-21(25)28-24-18-19-35(29(24)22-13-5-8-16-26(22)33-28)31(37)23-14-6-9-17-27(23)34-30(36)20-10-2-1-3-11-20/h1-5,7-8,10-13,15-16,23-24,27-29,33H,6,9,14,17-19H2,(H,34,36)/t23-,24+,27?,28-,29-/m0/s1. The average molecular weight is 514 g/mol. The number of amides is 2. The van der Waals surface area contributed by atoms with E-state index in [0.717, 1.165) is 48.4 Å². The molecule has 0 radical (unpaired) electrons. The first kappa shape index (κ1) is 24.1. The Balaban J connectivity index is 1.29. The zero-order valence-corrected chi connectivity index (χ0v) is 21.5. The summed E-state index contributed by atoms with van der Waals surface area (Å²) in [6.07, 6.45) is 4.58. The van der Waals surface area contributed by atoms with Crippen LogP contribution in [0.5, 0.6) is 0 Å². The van der Waals surface area contributed by atoms with Crippen molar-refractivity contribution in [3.63, 3.8) is 0 Å². The van der Waals surface area contributed by atoms with Crippen LogP contribution in [0.25, 0.3) is 0 Å². The lowest BCUT2D eigenvalue weighted by atomic mass is 9.79. The number of nitrogens with one attached hydrogen (secondary N) is 2. The van der Waals surface area contributed by atoms with Gasteiger partial charge in [-0.2, -0.15) is 0 Å². The van der Waals surface area contributed by atoms with Gasteiger partial charge in [0.2, 0.25) is 5.91 Å². The van der Waals surface area contributed by atoms with Crippen molar-refractivity contribution >= 4 is 29.1 Å². The highest BCUT2D eigenvalue weighted by Gasteiger charge is 2.48.